The summed E-state index contributed by atoms with van der Waals surface area (Å²) in [6.45, 7) is 3.64. The number of hydrogen-bond acceptors (Lipinski definition) is 7. The zero-order valence-corrected chi connectivity index (χ0v) is 31.5. The number of benzene rings is 4. The molecule has 0 aliphatic carbocycles. The van der Waals surface area contributed by atoms with Crippen LogP contribution in [0.3, 0.4) is 0 Å². The molecule has 2 aromatic heterocycles. The van der Waals surface area contributed by atoms with Crippen molar-refractivity contribution in [2.75, 3.05) is 6.61 Å². The summed E-state index contributed by atoms with van der Waals surface area (Å²) in [5, 5.41) is 23.1. The first-order chi connectivity index (χ1) is 26.6. The van der Waals surface area contributed by atoms with E-state index >= 15 is 0 Å². The summed E-state index contributed by atoms with van der Waals surface area (Å²) >= 11 is 1.30. The number of thiophene rings is 1. The monoisotopic (exact) mass is 756 g/mol. The standard InChI is InChI=1S/C44H44N4O6S/c1-28-13-11-14-29(2)42(28)54-27-40(51)45-32(23-30-15-5-3-6-16-30)25-38(50)35(24-31-17-7-4-8-18-31)47-44(53)41(39-21-12-22-55-39)48-43(52)36-26-37(49)33-19-9-10-20-34(33)46-36/h3-22,26,32,35,38,41,50H,23-25,27H2,1-2H3,(H,45,51)(H,46,49)(H,47,53)(H,48,52)/t32-,35-,38+,41-/m0/s1. The summed E-state index contributed by atoms with van der Waals surface area (Å²) in [4.78, 5) is 57.6. The molecule has 0 radical (unpaired) electrons. The number of ether oxygens (including phenoxy) is 1. The van der Waals surface area contributed by atoms with Crippen molar-refractivity contribution < 1.29 is 24.2 Å². The number of aryl methyl sites for hydroxylation is 2. The van der Waals surface area contributed by atoms with Crippen LogP contribution in [-0.4, -0.2) is 52.6 Å². The van der Waals surface area contributed by atoms with E-state index in [2.05, 4.69) is 20.9 Å². The number of aliphatic hydroxyl groups excluding tert-OH is 1. The molecule has 5 N–H and O–H groups in total. The van der Waals surface area contributed by atoms with Gasteiger partial charge in [0.25, 0.3) is 11.8 Å². The second-order valence-corrected chi connectivity index (χ2v) is 14.6. The SMILES string of the molecule is Cc1cccc(C)c1OCC(=O)N[C@@H](Cc1ccccc1)C[C@@H](O)[C@H](Cc1ccccc1)NC(=O)[C@@H](NC(=O)c1cc(=O)c2ccccc2[nH]1)c1cccs1. The van der Waals surface area contributed by atoms with Gasteiger partial charge in [-0.3, -0.25) is 19.2 Å². The van der Waals surface area contributed by atoms with E-state index in [0.29, 0.717) is 28.0 Å². The van der Waals surface area contributed by atoms with Crippen LogP contribution in [-0.2, 0) is 22.4 Å². The summed E-state index contributed by atoms with van der Waals surface area (Å²) in [6, 6.07) is 34.1. The Morgan fingerprint density at radius 3 is 2.09 bits per heavy atom. The number of nitrogens with one attached hydrogen (secondary N) is 4. The van der Waals surface area contributed by atoms with Gasteiger partial charge in [-0.2, -0.15) is 0 Å². The van der Waals surface area contributed by atoms with Gasteiger partial charge < -0.3 is 30.8 Å². The van der Waals surface area contributed by atoms with Crippen LogP contribution in [0.1, 0.15) is 50.1 Å². The molecule has 2 heterocycles. The van der Waals surface area contributed by atoms with Crippen molar-refractivity contribution in [2.45, 2.75) is 57.3 Å². The maximum Gasteiger partial charge on any atom is 0.268 e. The third kappa shape index (κ3) is 10.3. The second kappa shape index (κ2) is 18.3. The highest BCUT2D eigenvalue weighted by atomic mass is 32.1. The molecule has 0 saturated heterocycles. The number of carbonyl (C=O) groups excluding carboxylic acids is 3. The highest BCUT2D eigenvalue weighted by molar-refractivity contribution is 7.10. The number of amides is 3. The van der Waals surface area contributed by atoms with E-state index in [-0.39, 0.29) is 36.5 Å². The Balaban J connectivity index is 1.22. The molecule has 3 amide bonds. The van der Waals surface area contributed by atoms with Crippen LogP contribution in [0.25, 0.3) is 10.9 Å². The Hall–Kier alpha value is -6.04. The number of carbonyl (C=O) groups is 3. The van der Waals surface area contributed by atoms with E-state index in [9.17, 15) is 24.3 Å². The van der Waals surface area contributed by atoms with Crippen molar-refractivity contribution in [1.29, 1.82) is 0 Å². The lowest BCUT2D eigenvalue weighted by Gasteiger charge is -2.30. The average Bonchev–Trinajstić information content (AvgIpc) is 3.72. The van der Waals surface area contributed by atoms with Crippen molar-refractivity contribution in [3.05, 3.63) is 170 Å². The third-order valence-corrected chi connectivity index (χ3v) is 10.3. The van der Waals surface area contributed by atoms with Gasteiger partial charge in [-0.1, -0.05) is 97.1 Å². The summed E-state index contributed by atoms with van der Waals surface area (Å²) in [6.07, 6.45) is -0.305. The number of hydrogen-bond donors (Lipinski definition) is 5. The molecule has 0 bridgehead atoms. The lowest BCUT2D eigenvalue weighted by Crippen LogP contribution is -2.51. The fourth-order valence-electron chi connectivity index (χ4n) is 6.65. The van der Waals surface area contributed by atoms with Crippen LogP contribution in [0, 0.1) is 13.8 Å². The molecular weight excluding hydrogens is 713 g/mol. The van der Waals surface area contributed by atoms with Crippen LogP contribution in [0.15, 0.2) is 132 Å². The first-order valence-electron chi connectivity index (χ1n) is 18.2. The second-order valence-electron chi connectivity index (χ2n) is 13.6. The quantitative estimate of drug-likeness (QED) is 0.0823. The number of aromatic nitrogens is 1. The minimum absolute atomic E-state index is 0.0139. The Morgan fingerprint density at radius 1 is 0.764 bits per heavy atom. The van der Waals surface area contributed by atoms with E-state index in [4.69, 9.17) is 4.74 Å². The van der Waals surface area contributed by atoms with Crippen LogP contribution < -0.4 is 26.1 Å². The molecule has 0 aliphatic heterocycles. The Kier molecular flexibility index (Phi) is 12.9. The topological polar surface area (TPSA) is 150 Å². The van der Waals surface area contributed by atoms with Crippen molar-refractivity contribution >= 4 is 40.0 Å². The molecule has 0 spiro atoms. The van der Waals surface area contributed by atoms with Crippen LogP contribution in [0.2, 0.25) is 0 Å². The van der Waals surface area contributed by atoms with Crippen LogP contribution in [0.5, 0.6) is 5.75 Å². The minimum Gasteiger partial charge on any atom is -0.483 e. The summed E-state index contributed by atoms with van der Waals surface area (Å²) in [5.74, 6) is -0.858. The van der Waals surface area contributed by atoms with Gasteiger partial charge in [0, 0.05) is 27.9 Å². The highest BCUT2D eigenvalue weighted by Gasteiger charge is 2.31. The summed E-state index contributed by atoms with van der Waals surface area (Å²) in [5.41, 5.74) is 3.88. The molecule has 0 unspecified atom stereocenters. The van der Waals surface area contributed by atoms with Crippen molar-refractivity contribution in [1.82, 2.24) is 20.9 Å². The van der Waals surface area contributed by atoms with Gasteiger partial charge in [0.2, 0.25) is 5.91 Å². The van der Waals surface area contributed by atoms with E-state index < -0.39 is 36.0 Å². The van der Waals surface area contributed by atoms with E-state index in [1.54, 1.807) is 41.8 Å². The van der Waals surface area contributed by atoms with Crippen LogP contribution >= 0.6 is 11.3 Å². The predicted octanol–water partition coefficient (Wildman–Crippen LogP) is 5.96. The molecule has 55 heavy (non-hydrogen) atoms. The average molecular weight is 757 g/mol. The van der Waals surface area contributed by atoms with Gasteiger partial charge in [0.15, 0.2) is 12.0 Å². The van der Waals surface area contributed by atoms with E-state index in [1.165, 1.54) is 17.4 Å². The highest BCUT2D eigenvalue weighted by Crippen LogP contribution is 2.23. The molecule has 10 nitrogen and oxygen atoms in total. The van der Waals surface area contributed by atoms with E-state index in [1.807, 2.05) is 92.7 Å². The molecule has 11 heteroatoms. The third-order valence-electron chi connectivity index (χ3n) is 9.41. The number of aromatic amines is 1. The number of pyridine rings is 1. The summed E-state index contributed by atoms with van der Waals surface area (Å²) in [7, 11) is 0. The Labute approximate surface area is 323 Å². The molecule has 0 saturated carbocycles. The Morgan fingerprint density at radius 2 is 1.42 bits per heavy atom. The molecule has 0 aliphatic rings. The summed E-state index contributed by atoms with van der Waals surface area (Å²) < 4.78 is 5.93. The zero-order chi connectivity index (χ0) is 38.7. The maximum absolute atomic E-state index is 14.2. The smallest absolute Gasteiger partial charge is 0.268 e. The van der Waals surface area contributed by atoms with E-state index in [0.717, 1.165) is 22.3 Å². The molecule has 0 fully saturated rings. The molecule has 4 atom stereocenters. The van der Waals surface area contributed by atoms with Crippen molar-refractivity contribution in [2.24, 2.45) is 0 Å². The fraction of sp³-hybridized carbons (Fsp3) is 0.227. The first kappa shape index (κ1) is 38.7. The molecule has 6 aromatic rings. The predicted molar refractivity (Wildman–Crippen MR) is 215 cm³/mol. The number of H-pyrrole nitrogens is 1. The van der Waals surface area contributed by atoms with Gasteiger partial charge in [-0.25, -0.2) is 0 Å². The van der Waals surface area contributed by atoms with Crippen LogP contribution in [0.4, 0.5) is 0 Å². The Bertz CT molecular complexity index is 2260. The molecular formula is C44H44N4O6S. The zero-order valence-electron chi connectivity index (χ0n) is 30.7. The van der Waals surface area contributed by atoms with Gasteiger partial charge >= 0.3 is 0 Å². The lowest BCUT2D eigenvalue weighted by atomic mass is 9.93. The van der Waals surface area contributed by atoms with Crippen molar-refractivity contribution in [3.8, 4) is 5.75 Å². The number of para-hydroxylation sites is 2. The first-order valence-corrected chi connectivity index (χ1v) is 19.0. The maximum atomic E-state index is 14.2. The molecule has 4 aromatic carbocycles. The van der Waals surface area contributed by atoms with Gasteiger partial charge in [0.05, 0.1) is 12.1 Å². The number of fused-ring (bicyclic) bond motifs is 1. The van der Waals surface area contributed by atoms with Gasteiger partial charge in [0.1, 0.15) is 17.5 Å². The lowest BCUT2D eigenvalue weighted by molar-refractivity contribution is -0.126. The molecule has 6 rings (SSSR count). The number of rotatable bonds is 16. The van der Waals surface area contributed by atoms with Crippen molar-refractivity contribution in [3.63, 3.8) is 0 Å². The fourth-order valence-corrected chi connectivity index (χ4v) is 7.42. The van der Waals surface area contributed by atoms with Gasteiger partial charge in [-0.05, 0) is 78.9 Å². The molecule has 282 valence electrons. The minimum atomic E-state index is -1.13. The normalized spacial score (nSPS) is 13.3. The largest absolute Gasteiger partial charge is 0.483 e. The number of aliphatic hydroxyl groups is 1. The van der Waals surface area contributed by atoms with Gasteiger partial charge in [-0.15, -0.1) is 11.3 Å².